The Morgan fingerprint density at radius 1 is 1.30 bits per heavy atom. The molecule has 2 aromatic rings. The number of nitrogens with zero attached hydrogens (tertiary/aromatic N) is 4. The van der Waals surface area contributed by atoms with Crippen molar-refractivity contribution in [1.29, 1.82) is 0 Å². The Hall–Kier alpha value is -2.21. The van der Waals surface area contributed by atoms with Gasteiger partial charge in [0.15, 0.2) is 5.69 Å². The van der Waals surface area contributed by atoms with Crippen molar-refractivity contribution in [2.75, 3.05) is 18.0 Å². The molecule has 120 valence electrons. The first-order valence-electron chi connectivity index (χ1n) is 7.64. The summed E-state index contributed by atoms with van der Waals surface area (Å²) in [5.74, 6) is 0.235. The number of rotatable bonds is 4. The average Bonchev–Trinajstić information content (AvgIpc) is 3.10. The van der Waals surface area contributed by atoms with Crippen LogP contribution in [-0.2, 0) is 0 Å². The summed E-state index contributed by atoms with van der Waals surface area (Å²) in [6.45, 7) is 3.69. The van der Waals surface area contributed by atoms with E-state index < -0.39 is 0 Å². The van der Waals surface area contributed by atoms with Crippen molar-refractivity contribution in [3.8, 4) is 0 Å². The van der Waals surface area contributed by atoms with E-state index in [9.17, 15) is 4.79 Å². The molecular formula is C16H18ClN5O. The highest BCUT2D eigenvalue weighted by atomic mass is 35.5. The highest BCUT2D eigenvalue weighted by molar-refractivity contribution is 6.33. The van der Waals surface area contributed by atoms with Gasteiger partial charge in [-0.05, 0) is 31.9 Å². The molecule has 0 radical (unpaired) electrons. The normalized spacial score (nSPS) is 15.5. The Balaban J connectivity index is 1.77. The molecule has 1 aliphatic heterocycles. The monoisotopic (exact) mass is 331 g/mol. The van der Waals surface area contributed by atoms with Gasteiger partial charge in [0.1, 0.15) is 0 Å². The van der Waals surface area contributed by atoms with Gasteiger partial charge in [0, 0.05) is 19.3 Å². The van der Waals surface area contributed by atoms with Gasteiger partial charge < -0.3 is 10.2 Å². The van der Waals surface area contributed by atoms with Crippen molar-refractivity contribution in [3.05, 3.63) is 47.0 Å². The van der Waals surface area contributed by atoms with E-state index in [-0.39, 0.29) is 22.7 Å². The predicted octanol–water partition coefficient (Wildman–Crippen LogP) is 2.62. The third kappa shape index (κ3) is 3.59. The molecule has 1 N–H and O–H groups in total. The summed E-state index contributed by atoms with van der Waals surface area (Å²) in [6, 6.07) is 5.35. The summed E-state index contributed by atoms with van der Waals surface area (Å²) in [4.78, 5) is 27.4. The number of anilines is 1. The summed E-state index contributed by atoms with van der Waals surface area (Å²) in [7, 11) is 0. The number of nitrogens with one attached hydrogen (secondary N) is 1. The second-order valence-corrected chi connectivity index (χ2v) is 5.92. The fourth-order valence-corrected chi connectivity index (χ4v) is 2.73. The first-order valence-corrected chi connectivity index (χ1v) is 8.02. The molecule has 1 aliphatic rings. The fourth-order valence-electron chi connectivity index (χ4n) is 2.56. The van der Waals surface area contributed by atoms with Gasteiger partial charge in [-0.3, -0.25) is 9.78 Å². The number of carbonyl (C=O) groups is 1. The lowest BCUT2D eigenvalue weighted by atomic mass is 10.2. The van der Waals surface area contributed by atoms with E-state index in [2.05, 4.69) is 25.2 Å². The van der Waals surface area contributed by atoms with Crippen LogP contribution in [0, 0.1) is 0 Å². The van der Waals surface area contributed by atoms with Gasteiger partial charge in [-0.2, -0.15) is 0 Å². The zero-order valence-corrected chi connectivity index (χ0v) is 13.6. The molecule has 2 aromatic heterocycles. The molecule has 23 heavy (non-hydrogen) atoms. The van der Waals surface area contributed by atoms with Crippen LogP contribution in [0.25, 0.3) is 0 Å². The quantitative estimate of drug-likeness (QED) is 0.932. The smallest absolute Gasteiger partial charge is 0.272 e. The van der Waals surface area contributed by atoms with Crippen molar-refractivity contribution >= 4 is 23.5 Å². The molecule has 0 unspecified atom stereocenters. The number of hydrogen-bond donors (Lipinski definition) is 1. The average molecular weight is 332 g/mol. The van der Waals surface area contributed by atoms with Crippen LogP contribution in [0.2, 0.25) is 5.02 Å². The van der Waals surface area contributed by atoms with Crippen molar-refractivity contribution < 1.29 is 4.79 Å². The van der Waals surface area contributed by atoms with Crippen LogP contribution in [0.5, 0.6) is 0 Å². The molecule has 1 amide bonds. The third-order valence-corrected chi connectivity index (χ3v) is 4.09. The molecule has 0 spiro atoms. The van der Waals surface area contributed by atoms with Crippen LogP contribution in [0.3, 0.4) is 0 Å². The van der Waals surface area contributed by atoms with E-state index in [4.69, 9.17) is 11.6 Å². The highest BCUT2D eigenvalue weighted by Crippen LogP contribution is 2.20. The molecule has 0 aromatic carbocycles. The molecule has 3 heterocycles. The molecule has 6 nitrogen and oxygen atoms in total. The number of aromatic nitrogens is 3. The molecule has 7 heteroatoms. The largest absolute Gasteiger partial charge is 0.343 e. The number of pyridine rings is 1. The van der Waals surface area contributed by atoms with Crippen LogP contribution in [0.1, 0.15) is 42.0 Å². The van der Waals surface area contributed by atoms with Crippen molar-refractivity contribution in [1.82, 2.24) is 20.3 Å². The molecule has 1 fully saturated rings. The van der Waals surface area contributed by atoms with E-state index >= 15 is 0 Å². The summed E-state index contributed by atoms with van der Waals surface area (Å²) in [5.41, 5.74) is 0.983. The molecule has 0 aliphatic carbocycles. The van der Waals surface area contributed by atoms with E-state index in [1.165, 1.54) is 6.20 Å². The maximum Gasteiger partial charge on any atom is 0.272 e. The minimum absolute atomic E-state index is 0.200. The van der Waals surface area contributed by atoms with Crippen LogP contribution < -0.4 is 10.2 Å². The second kappa shape index (κ2) is 6.91. The first kappa shape index (κ1) is 15.7. The summed E-state index contributed by atoms with van der Waals surface area (Å²) < 4.78 is 0. The van der Waals surface area contributed by atoms with Crippen LogP contribution >= 0.6 is 11.6 Å². The Labute approximate surface area is 139 Å². The fraction of sp³-hybridized carbons (Fsp3) is 0.375. The Kier molecular flexibility index (Phi) is 4.71. The Bertz CT molecular complexity index is 688. The van der Waals surface area contributed by atoms with Crippen LogP contribution in [0.4, 0.5) is 5.95 Å². The van der Waals surface area contributed by atoms with Gasteiger partial charge in [0.05, 0.1) is 23.0 Å². The van der Waals surface area contributed by atoms with E-state index in [1.807, 2.05) is 25.1 Å². The lowest BCUT2D eigenvalue weighted by Crippen LogP contribution is -2.29. The number of hydrogen-bond acceptors (Lipinski definition) is 5. The molecule has 1 atom stereocenters. The molecule has 0 bridgehead atoms. The lowest BCUT2D eigenvalue weighted by Gasteiger charge is -2.17. The van der Waals surface area contributed by atoms with Gasteiger partial charge in [-0.25, -0.2) is 9.97 Å². The van der Waals surface area contributed by atoms with E-state index in [0.717, 1.165) is 31.6 Å². The number of halogens is 1. The van der Waals surface area contributed by atoms with Gasteiger partial charge in [-0.15, -0.1) is 0 Å². The molecule has 0 saturated carbocycles. The van der Waals surface area contributed by atoms with Gasteiger partial charge >= 0.3 is 0 Å². The summed E-state index contributed by atoms with van der Waals surface area (Å²) in [5, 5.41) is 3.13. The first-order chi connectivity index (χ1) is 11.1. The standard InChI is InChI=1S/C16H18ClN5O/c1-11(13-6-2-3-7-18-13)20-15(23)14-12(17)10-19-16(21-14)22-8-4-5-9-22/h2-3,6-7,10-11H,4-5,8-9H2,1H3,(H,20,23)/t11-/m1/s1. The number of amides is 1. The molecule has 1 saturated heterocycles. The van der Waals surface area contributed by atoms with Crippen molar-refractivity contribution in [2.45, 2.75) is 25.8 Å². The minimum atomic E-state index is -0.323. The van der Waals surface area contributed by atoms with Crippen LogP contribution in [-0.4, -0.2) is 33.9 Å². The van der Waals surface area contributed by atoms with Crippen molar-refractivity contribution in [2.24, 2.45) is 0 Å². The lowest BCUT2D eigenvalue weighted by molar-refractivity contribution is 0.0934. The topological polar surface area (TPSA) is 71.0 Å². The second-order valence-electron chi connectivity index (χ2n) is 5.51. The van der Waals surface area contributed by atoms with Gasteiger partial charge in [0.2, 0.25) is 5.95 Å². The third-order valence-electron chi connectivity index (χ3n) is 3.81. The zero-order chi connectivity index (χ0) is 16.2. The maximum atomic E-state index is 12.5. The van der Waals surface area contributed by atoms with E-state index in [0.29, 0.717) is 5.95 Å². The SMILES string of the molecule is C[C@@H](NC(=O)c1nc(N2CCCC2)ncc1Cl)c1ccccn1. The maximum absolute atomic E-state index is 12.5. The van der Waals surface area contributed by atoms with Gasteiger partial charge in [-0.1, -0.05) is 17.7 Å². The molecular weight excluding hydrogens is 314 g/mol. The van der Waals surface area contributed by atoms with Gasteiger partial charge in [0.25, 0.3) is 5.91 Å². The molecule has 3 rings (SSSR count). The van der Waals surface area contributed by atoms with Crippen molar-refractivity contribution in [3.63, 3.8) is 0 Å². The van der Waals surface area contributed by atoms with Crippen LogP contribution in [0.15, 0.2) is 30.6 Å². The summed E-state index contributed by atoms with van der Waals surface area (Å²) >= 11 is 6.11. The summed E-state index contributed by atoms with van der Waals surface area (Å²) in [6.07, 6.45) is 5.41. The number of carbonyl (C=O) groups excluding carboxylic acids is 1. The Morgan fingerprint density at radius 3 is 2.78 bits per heavy atom. The highest BCUT2D eigenvalue weighted by Gasteiger charge is 2.21. The van der Waals surface area contributed by atoms with E-state index in [1.54, 1.807) is 6.20 Å². The zero-order valence-electron chi connectivity index (χ0n) is 12.9. The minimum Gasteiger partial charge on any atom is -0.343 e. The Morgan fingerprint density at radius 2 is 2.09 bits per heavy atom. The predicted molar refractivity (Wildman–Crippen MR) is 88.6 cm³/mol.